The van der Waals surface area contributed by atoms with Gasteiger partial charge >= 0.3 is 0 Å². The normalized spacial score (nSPS) is 19.8. The van der Waals surface area contributed by atoms with Crippen molar-refractivity contribution in [3.63, 3.8) is 0 Å². The summed E-state index contributed by atoms with van der Waals surface area (Å²) in [7, 11) is 1.72. The predicted octanol–water partition coefficient (Wildman–Crippen LogP) is 1.25. The summed E-state index contributed by atoms with van der Waals surface area (Å²) in [5.74, 6) is 6.59. The molecule has 0 saturated carbocycles. The minimum atomic E-state index is 0.134. The highest BCUT2D eigenvalue weighted by atomic mass is 16.5. The van der Waals surface area contributed by atoms with Gasteiger partial charge in [0.25, 0.3) is 0 Å². The molecule has 0 spiro atoms. The zero-order valence-electron chi connectivity index (χ0n) is 10.2. The molecular weight excluding hydrogens is 216 g/mol. The lowest BCUT2D eigenvalue weighted by molar-refractivity contribution is 0.150. The number of nitrogens with two attached hydrogens (primary N) is 1. The van der Waals surface area contributed by atoms with Gasteiger partial charge in [0.2, 0.25) is 0 Å². The van der Waals surface area contributed by atoms with Gasteiger partial charge in [0.1, 0.15) is 11.9 Å². The molecule has 0 radical (unpaired) electrons. The van der Waals surface area contributed by atoms with Crippen molar-refractivity contribution in [3.8, 4) is 5.75 Å². The molecular formula is C13H20N2O2. The van der Waals surface area contributed by atoms with E-state index in [-0.39, 0.29) is 12.1 Å². The maximum Gasteiger partial charge on any atom is 0.123 e. The van der Waals surface area contributed by atoms with Crippen molar-refractivity contribution in [2.45, 2.75) is 31.4 Å². The van der Waals surface area contributed by atoms with E-state index in [1.807, 2.05) is 18.2 Å². The Bertz CT molecular complexity index is 332. The summed E-state index contributed by atoms with van der Waals surface area (Å²) in [6.45, 7) is 0.762. The molecule has 0 aromatic heterocycles. The second kappa shape index (κ2) is 6.00. The zero-order valence-corrected chi connectivity index (χ0v) is 10.2. The van der Waals surface area contributed by atoms with E-state index in [2.05, 4.69) is 11.5 Å². The smallest absolute Gasteiger partial charge is 0.123 e. The summed E-state index contributed by atoms with van der Waals surface area (Å²) < 4.78 is 11.0. The topological polar surface area (TPSA) is 56.5 Å². The highest BCUT2D eigenvalue weighted by Crippen LogP contribution is 2.30. The molecule has 0 bridgehead atoms. The zero-order chi connectivity index (χ0) is 12.1. The largest absolute Gasteiger partial charge is 0.488 e. The Kier molecular flexibility index (Phi) is 4.36. The quantitative estimate of drug-likeness (QED) is 0.443. The van der Waals surface area contributed by atoms with Crippen LogP contribution in [0.5, 0.6) is 5.75 Å². The van der Waals surface area contributed by atoms with Gasteiger partial charge in [0, 0.05) is 20.1 Å². The van der Waals surface area contributed by atoms with Gasteiger partial charge in [-0.2, -0.15) is 0 Å². The number of methoxy groups -OCH3 is 1. The van der Waals surface area contributed by atoms with Gasteiger partial charge < -0.3 is 9.47 Å². The molecule has 2 atom stereocenters. The molecule has 1 aliphatic heterocycles. The van der Waals surface area contributed by atoms with Crippen LogP contribution in [-0.4, -0.2) is 25.9 Å². The van der Waals surface area contributed by atoms with Crippen molar-refractivity contribution in [3.05, 3.63) is 29.8 Å². The molecule has 17 heavy (non-hydrogen) atoms. The van der Waals surface area contributed by atoms with Crippen LogP contribution in [0.3, 0.4) is 0 Å². The second-order valence-electron chi connectivity index (χ2n) is 4.38. The first-order valence-electron chi connectivity index (χ1n) is 6.04. The lowest BCUT2D eigenvalue weighted by Crippen LogP contribution is -2.46. The number of benzene rings is 1. The Balaban J connectivity index is 1.91. The van der Waals surface area contributed by atoms with E-state index in [1.54, 1.807) is 7.11 Å². The fourth-order valence-corrected chi connectivity index (χ4v) is 2.26. The van der Waals surface area contributed by atoms with Crippen LogP contribution >= 0.6 is 0 Å². The second-order valence-corrected chi connectivity index (χ2v) is 4.38. The minimum absolute atomic E-state index is 0.134. The number of hydrazine groups is 1. The molecule has 1 heterocycles. The maximum atomic E-state index is 5.91. The van der Waals surface area contributed by atoms with Gasteiger partial charge in [-0.15, -0.1) is 0 Å². The summed E-state index contributed by atoms with van der Waals surface area (Å²) in [6, 6.07) is 8.34. The number of fused-ring (bicyclic) bond motifs is 1. The van der Waals surface area contributed by atoms with E-state index in [9.17, 15) is 0 Å². The summed E-state index contributed by atoms with van der Waals surface area (Å²) in [5.41, 5.74) is 4.13. The molecule has 0 saturated heterocycles. The van der Waals surface area contributed by atoms with E-state index in [0.717, 1.165) is 31.6 Å². The fraction of sp³-hybridized carbons (Fsp3) is 0.538. The van der Waals surface area contributed by atoms with Crippen LogP contribution in [-0.2, 0) is 11.2 Å². The highest BCUT2D eigenvalue weighted by Gasteiger charge is 2.29. The van der Waals surface area contributed by atoms with Gasteiger partial charge in [0.05, 0.1) is 6.04 Å². The van der Waals surface area contributed by atoms with E-state index in [4.69, 9.17) is 15.3 Å². The molecule has 0 fully saturated rings. The molecule has 0 amide bonds. The van der Waals surface area contributed by atoms with Crippen LogP contribution in [0.4, 0.5) is 0 Å². The maximum absolute atomic E-state index is 5.91. The summed E-state index contributed by atoms with van der Waals surface area (Å²) in [6.07, 6.45) is 3.01. The third-order valence-electron chi connectivity index (χ3n) is 3.20. The molecule has 3 N–H and O–H groups in total. The average molecular weight is 236 g/mol. The first-order valence-corrected chi connectivity index (χ1v) is 6.04. The molecule has 0 aliphatic carbocycles. The highest BCUT2D eigenvalue weighted by molar-refractivity contribution is 5.37. The first-order chi connectivity index (χ1) is 8.35. The number of para-hydroxylation sites is 1. The first kappa shape index (κ1) is 12.4. The van der Waals surface area contributed by atoms with Crippen molar-refractivity contribution in [2.24, 2.45) is 5.84 Å². The Morgan fingerprint density at radius 1 is 1.53 bits per heavy atom. The van der Waals surface area contributed by atoms with Gasteiger partial charge in [-0.05, 0) is 24.5 Å². The third kappa shape index (κ3) is 2.97. The Hall–Kier alpha value is -1.10. The minimum Gasteiger partial charge on any atom is -0.488 e. The van der Waals surface area contributed by atoms with Crippen LogP contribution in [0, 0.1) is 0 Å². The number of rotatable bonds is 6. The number of hydrogen-bond donors (Lipinski definition) is 2. The standard InChI is InChI=1S/C13H20N2O2/c1-16-8-4-6-11(15-14)13-9-10-5-2-3-7-12(10)17-13/h2-3,5,7,11,13,15H,4,6,8-9,14H2,1H3. The summed E-state index contributed by atoms with van der Waals surface area (Å²) in [5, 5.41) is 0. The number of ether oxygens (including phenoxy) is 2. The average Bonchev–Trinajstić information content (AvgIpc) is 2.78. The molecule has 4 nitrogen and oxygen atoms in total. The Morgan fingerprint density at radius 3 is 3.06 bits per heavy atom. The lowest BCUT2D eigenvalue weighted by Gasteiger charge is -2.22. The summed E-state index contributed by atoms with van der Waals surface area (Å²) >= 11 is 0. The molecule has 1 aromatic carbocycles. The van der Waals surface area contributed by atoms with Gasteiger partial charge in [0.15, 0.2) is 0 Å². The van der Waals surface area contributed by atoms with Crippen LogP contribution in [0.2, 0.25) is 0 Å². The van der Waals surface area contributed by atoms with Crippen LogP contribution in [0.15, 0.2) is 24.3 Å². The van der Waals surface area contributed by atoms with Crippen molar-refractivity contribution < 1.29 is 9.47 Å². The monoisotopic (exact) mass is 236 g/mol. The molecule has 94 valence electrons. The van der Waals surface area contributed by atoms with Crippen molar-refractivity contribution >= 4 is 0 Å². The van der Waals surface area contributed by atoms with Crippen molar-refractivity contribution in [1.82, 2.24) is 5.43 Å². The lowest BCUT2D eigenvalue weighted by atomic mass is 10.0. The molecule has 1 aromatic rings. The van der Waals surface area contributed by atoms with E-state index in [1.165, 1.54) is 5.56 Å². The van der Waals surface area contributed by atoms with Crippen molar-refractivity contribution in [1.29, 1.82) is 0 Å². The van der Waals surface area contributed by atoms with Gasteiger partial charge in [-0.25, -0.2) is 0 Å². The number of hydrogen-bond acceptors (Lipinski definition) is 4. The van der Waals surface area contributed by atoms with Gasteiger partial charge in [-0.3, -0.25) is 11.3 Å². The Labute approximate surface area is 102 Å². The Morgan fingerprint density at radius 2 is 2.35 bits per heavy atom. The van der Waals surface area contributed by atoms with Crippen molar-refractivity contribution in [2.75, 3.05) is 13.7 Å². The fourth-order valence-electron chi connectivity index (χ4n) is 2.26. The van der Waals surface area contributed by atoms with Crippen LogP contribution in [0.25, 0.3) is 0 Å². The van der Waals surface area contributed by atoms with Gasteiger partial charge in [-0.1, -0.05) is 18.2 Å². The SMILES string of the molecule is COCCCC(NN)C1Cc2ccccc2O1. The molecule has 1 aliphatic rings. The van der Waals surface area contributed by atoms with E-state index in [0.29, 0.717) is 0 Å². The summed E-state index contributed by atoms with van der Waals surface area (Å²) in [4.78, 5) is 0. The van der Waals surface area contributed by atoms with E-state index >= 15 is 0 Å². The third-order valence-corrected chi connectivity index (χ3v) is 3.20. The van der Waals surface area contributed by atoms with Crippen LogP contribution in [0.1, 0.15) is 18.4 Å². The number of nitrogens with one attached hydrogen (secondary N) is 1. The molecule has 4 heteroatoms. The molecule has 2 unspecified atom stereocenters. The molecule has 2 rings (SSSR count). The van der Waals surface area contributed by atoms with Crippen LogP contribution < -0.4 is 16.0 Å². The predicted molar refractivity (Wildman–Crippen MR) is 66.8 cm³/mol. The van der Waals surface area contributed by atoms with E-state index < -0.39 is 0 Å².